The Morgan fingerprint density at radius 2 is 1.09 bits per heavy atom. The van der Waals surface area contributed by atoms with E-state index in [1.165, 1.54) is 0 Å². The largest absolute Gasteiger partial charge is 0.493 e. The van der Waals surface area contributed by atoms with Crippen LogP contribution in [0.3, 0.4) is 0 Å². The van der Waals surface area contributed by atoms with Crippen molar-refractivity contribution in [3.05, 3.63) is 44.3 Å². The maximum Gasteiger partial charge on any atom is 0.175 e. The molecule has 0 heterocycles. The standard InChI is InChI=1S/C21H26Br2N4O4.2ClH/c1-28-16-10-12(20(24)25)8-14(22)18(16)30-6-4-3-5-7-31-19-15(23)9-13(21(26)27)11-17(19)29-2;;/h8-11H,3-7H2,1-2H3,(H3,24,25)(H3,26,27);2*1H. The Morgan fingerprint density at radius 1 is 0.727 bits per heavy atom. The number of halogens is 4. The molecular formula is C21H28Br2Cl2N4O4. The van der Waals surface area contributed by atoms with Crippen LogP contribution in [0.5, 0.6) is 23.0 Å². The number of benzene rings is 2. The van der Waals surface area contributed by atoms with Gasteiger partial charge in [0.15, 0.2) is 23.0 Å². The zero-order valence-electron chi connectivity index (χ0n) is 18.2. The first-order valence-electron chi connectivity index (χ1n) is 9.48. The highest BCUT2D eigenvalue weighted by Crippen LogP contribution is 2.37. The zero-order valence-corrected chi connectivity index (χ0v) is 23.0. The van der Waals surface area contributed by atoms with Crippen molar-refractivity contribution < 1.29 is 18.9 Å². The van der Waals surface area contributed by atoms with Crippen LogP contribution in [0.1, 0.15) is 30.4 Å². The topological polar surface area (TPSA) is 137 Å². The van der Waals surface area contributed by atoms with Crippen molar-refractivity contribution in [2.24, 2.45) is 11.5 Å². The van der Waals surface area contributed by atoms with Crippen LogP contribution in [0.15, 0.2) is 33.2 Å². The summed E-state index contributed by atoms with van der Waals surface area (Å²) in [5, 5.41) is 15.1. The maximum atomic E-state index is 7.56. The number of methoxy groups -OCH3 is 2. The lowest BCUT2D eigenvalue weighted by molar-refractivity contribution is 0.262. The SMILES string of the molecule is COc1cc(C(=N)N)cc(Br)c1OCCCCCOc1c(Br)cc(C(=N)N)cc1OC.Cl.Cl. The molecule has 0 amide bonds. The molecule has 0 unspecified atom stereocenters. The molecule has 8 nitrogen and oxygen atoms in total. The Kier molecular flexibility index (Phi) is 14.2. The highest BCUT2D eigenvalue weighted by molar-refractivity contribution is 9.11. The number of nitrogen functional groups attached to an aromatic ring is 2. The monoisotopic (exact) mass is 628 g/mol. The van der Waals surface area contributed by atoms with Gasteiger partial charge in [-0.3, -0.25) is 10.8 Å². The molecule has 2 aromatic carbocycles. The third-order valence-corrected chi connectivity index (χ3v) is 5.54. The molecule has 2 aromatic rings. The number of hydrogen-bond donors (Lipinski definition) is 4. The quantitative estimate of drug-likeness (QED) is 0.143. The van der Waals surface area contributed by atoms with Crippen LogP contribution in [0.25, 0.3) is 0 Å². The lowest BCUT2D eigenvalue weighted by Crippen LogP contribution is -2.12. The summed E-state index contributed by atoms with van der Waals surface area (Å²) in [7, 11) is 3.09. The van der Waals surface area contributed by atoms with E-state index in [4.69, 9.17) is 41.2 Å². The first-order chi connectivity index (χ1) is 14.8. The lowest BCUT2D eigenvalue weighted by Gasteiger charge is -2.15. The number of unbranched alkanes of at least 4 members (excludes halogenated alkanes) is 2. The summed E-state index contributed by atoms with van der Waals surface area (Å²) in [6.45, 7) is 1.02. The Morgan fingerprint density at radius 3 is 1.39 bits per heavy atom. The minimum Gasteiger partial charge on any atom is -0.493 e. The van der Waals surface area contributed by atoms with E-state index in [0.717, 1.165) is 19.3 Å². The van der Waals surface area contributed by atoms with Gasteiger partial charge >= 0.3 is 0 Å². The van der Waals surface area contributed by atoms with Crippen LogP contribution in [0, 0.1) is 10.8 Å². The van der Waals surface area contributed by atoms with Crippen LogP contribution in [0.2, 0.25) is 0 Å². The van der Waals surface area contributed by atoms with Crippen molar-refractivity contribution in [2.75, 3.05) is 27.4 Å². The van der Waals surface area contributed by atoms with Gasteiger partial charge in [0.2, 0.25) is 0 Å². The predicted octanol–water partition coefficient (Wildman–Crippen LogP) is 5.27. The van der Waals surface area contributed by atoms with E-state index in [1.54, 1.807) is 38.5 Å². The van der Waals surface area contributed by atoms with Crippen LogP contribution >= 0.6 is 56.7 Å². The average Bonchev–Trinajstić information content (AvgIpc) is 2.73. The molecule has 184 valence electrons. The summed E-state index contributed by atoms with van der Waals surface area (Å²) >= 11 is 6.89. The fourth-order valence-corrected chi connectivity index (χ4v) is 3.87. The van der Waals surface area contributed by atoms with Crippen LogP contribution < -0.4 is 30.4 Å². The van der Waals surface area contributed by atoms with Crippen LogP contribution in [0.4, 0.5) is 0 Å². The molecule has 0 aliphatic carbocycles. The Labute approximate surface area is 222 Å². The number of nitrogens with two attached hydrogens (primary N) is 2. The van der Waals surface area contributed by atoms with Gasteiger partial charge in [0.05, 0.1) is 36.4 Å². The Hall–Kier alpha value is -1.88. The van der Waals surface area contributed by atoms with Gasteiger partial charge in [-0.1, -0.05) is 0 Å². The Balaban J connectivity index is 0.00000512. The summed E-state index contributed by atoms with van der Waals surface area (Å²) in [5.41, 5.74) is 12.2. The molecule has 0 fully saturated rings. The minimum atomic E-state index is -0.0373. The lowest BCUT2D eigenvalue weighted by atomic mass is 10.2. The Bertz CT molecular complexity index is 889. The van der Waals surface area contributed by atoms with Crippen molar-refractivity contribution in [2.45, 2.75) is 19.3 Å². The van der Waals surface area contributed by atoms with E-state index in [-0.39, 0.29) is 36.5 Å². The molecule has 33 heavy (non-hydrogen) atoms. The van der Waals surface area contributed by atoms with Crippen molar-refractivity contribution >= 4 is 68.3 Å². The zero-order chi connectivity index (χ0) is 23.0. The summed E-state index contributed by atoms with van der Waals surface area (Å²) in [6.07, 6.45) is 2.56. The molecule has 6 N–H and O–H groups in total. The van der Waals surface area contributed by atoms with E-state index in [2.05, 4.69) is 31.9 Å². The summed E-state index contributed by atoms with van der Waals surface area (Å²) in [5.74, 6) is 2.14. The fourth-order valence-electron chi connectivity index (χ4n) is 2.76. The predicted molar refractivity (Wildman–Crippen MR) is 143 cm³/mol. The van der Waals surface area contributed by atoms with Crippen molar-refractivity contribution in [1.82, 2.24) is 0 Å². The molecular weight excluding hydrogens is 603 g/mol. The summed E-state index contributed by atoms with van der Waals surface area (Å²) in [6, 6.07) is 6.82. The molecule has 0 aromatic heterocycles. The van der Waals surface area contributed by atoms with Crippen molar-refractivity contribution in [3.8, 4) is 23.0 Å². The number of hydrogen-bond acceptors (Lipinski definition) is 6. The van der Waals surface area contributed by atoms with Gasteiger partial charge in [0.1, 0.15) is 11.7 Å². The van der Waals surface area contributed by atoms with Crippen LogP contribution in [-0.4, -0.2) is 39.1 Å². The number of ether oxygens (including phenoxy) is 4. The molecule has 0 aliphatic heterocycles. The second-order valence-corrected chi connectivity index (χ2v) is 8.27. The van der Waals surface area contributed by atoms with E-state index < -0.39 is 0 Å². The van der Waals surface area contributed by atoms with E-state index >= 15 is 0 Å². The third kappa shape index (κ3) is 8.77. The summed E-state index contributed by atoms with van der Waals surface area (Å²) in [4.78, 5) is 0. The van der Waals surface area contributed by atoms with Gasteiger partial charge in [-0.25, -0.2) is 0 Å². The number of nitrogens with one attached hydrogen (secondary N) is 2. The molecule has 0 radical (unpaired) electrons. The summed E-state index contributed by atoms with van der Waals surface area (Å²) < 4.78 is 23.8. The van der Waals surface area contributed by atoms with Gasteiger partial charge in [0.25, 0.3) is 0 Å². The normalized spacial score (nSPS) is 9.82. The molecule has 0 atom stereocenters. The second kappa shape index (κ2) is 15.1. The molecule has 2 rings (SSSR count). The minimum absolute atomic E-state index is 0. The van der Waals surface area contributed by atoms with Crippen LogP contribution in [-0.2, 0) is 0 Å². The number of amidine groups is 2. The maximum absolute atomic E-state index is 7.56. The van der Waals surface area contributed by atoms with Crippen molar-refractivity contribution in [3.63, 3.8) is 0 Å². The average molecular weight is 631 g/mol. The molecule has 0 aliphatic rings. The molecule has 0 spiro atoms. The third-order valence-electron chi connectivity index (χ3n) is 4.36. The van der Waals surface area contributed by atoms with Gasteiger partial charge in [-0.2, -0.15) is 0 Å². The first-order valence-corrected chi connectivity index (χ1v) is 11.1. The van der Waals surface area contributed by atoms with E-state index in [0.29, 0.717) is 56.3 Å². The highest BCUT2D eigenvalue weighted by Gasteiger charge is 2.14. The molecule has 0 bridgehead atoms. The molecule has 12 heteroatoms. The fraction of sp³-hybridized carbons (Fsp3) is 0.333. The highest BCUT2D eigenvalue weighted by atomic mass is 79.9. The van der Waals surface area contributed by atoms with E-state index in [1.807, 2.05) is 0 Å². The second-order valence-electron chi connectivity index (χ2n) is 6.56. The van der Waals surface area contributed by atoms with E-state index in [9.17, 15) is 0 Å². The van der Waals surface area contributed by atoms with Gasteiger partial charge in [-0.15, -0.1) is 24.8 Å². The first kappa shape index (κ1) is 31.1. The molecule has 0 saturated carbocycles. The van der Waals surface area contributed by atoms with Gasteiger partial charge in [0, 0.05) is 11.1 Å². The smallest absolute Gasteiger partial charge is 0.175 e. The number of rotatable bonds is 12. The van der Waals surface area contributed by atoms with Gasteiger partial charge in [-0.05, 0) is 75.4 Å². The molecule has 0 saturated heterocycles. The van der Waals surface area contributed by atoms with Gasteiger partial charge < -0.3 is 30.4 Å². The van der Waals surface area contributed by atoms with Crippen molar-refractivity contribution in [1.29, 1.82) is 10.8 Å².